The van der Waals surface area contributed by atoms with Crippen LogP contribution < -0.4 is 5.32 Å². The van der Waals surface area contributed by atoms with E-state index in [1.54, 1.807) is 0 Å². The largest absolute Gasteiger partial charge is 0.387 e. The van der Waals surface area contributed by atoms with Crippen LogP contribution in [0.1, 0.15) is 17.4 Å². The van der Waals surface area contributed by atoms with Crippen molar-refractivity contribution in [3.63, 3.8) is 0 Å². The standard InChI is InChI=1S/C19H18N4O/c1-13-11-18-21-19(15-9-5-6-10-16(15)23(18)22-13)20-12-17(24)14-7-3-2-4-8-14/h2-11,17,24H,12H2,1H3,(H,20,21)/t17-/m0/s1. The number of hydrogen-bond acceptors (Lipinski definition) is 4. The van der Waals surface area contributed by atoms with E-state index >= 15 is 0 Å². The van der Waals surface area contributed by atoms with Crippen molar-refractivity contribution in [3.8, 4) is 0 Å². The van der Waals surface area contributed by atoms with Crippen molar-refractivity contribution in [1.82, 2.24) is 14.6 Å². The van der Waals surface area contributed by atoms with Gasteiger partial charge in [0.05, 0.1) is 17.3 Å². The van der Waals surface area contributed by atoms with E-state index in [1.165, 1.54) is 0 Å². The molecule has 5 nitrogen and oxygen atoms in total. The maximum Gasteiger partial charge on any atom is 0.158 e. The molecular weight excluding hydrogens is 300 g/mol. The Balaban J connectivity index is 1.70. The molecule has 0 saturated heterocycles. The average Bonchev–Trinajstić information content (AvgIpc) is 3.00. The SMILES string of the molecule is Cc1cc2nc(NC[C@H](O)c3ccccc3)c3ccccc3n2n1. The van der Waals surface area contributed by atoms with Gasteiger partial charge in [-0.25, -0.2) is 9.50 Å². The minimum absolute atomic E-state index is 0.393. The number of aromatic nitrogens is 3. The van der Waals surface area contributed by atoms with Crippen molar-refractivity contribution >= 4 is 22.4 Å². The maximum absolute atomic E-state index is 10.4. The first kappa shape index (κ1) is 14.7. The summed E-state index contributed by atoms with van der Waals surface area (Å²) in [5.74, 6) is 0.757. The van der Waals surface area contributed by atoms with Gasteiger partial charge in [-0.3, -0.25) is 0 Å². The lowest BCUT2D eigenvalue weighted by molar-refractivity contribution is 0.191. The molecular formula is C19H18N4O. The molecule has 0 radical (unpaired) electrons. The summed E-state index contributed by atoms with van der Waals surface area (Å²) in [5, 5.41) is 19.1. The molecule has 0 aliphatic heterocycles. The highest BCUT2D eigenvalue weighted by Gasteiger charge is 2.12. The lowest BCUT2D eigenvalue weighted by atomic mass is 10.1. The van der Waals surface area contributed by atoms with Crippen LogP contribution >= 0.6 is 0 Å². The van der Waals surface area contributed by atoms with Gasteiger partial charge in [0, 0.05) is 18.0 Å². The van der Waals surface area contributed by atoms with Gasteiger partial charge in [0.15, 0.2) is 5.65 Å². The molecule has 24 heavy (non-hydrogen) atoms. The summed E-state index contributed by atoms with van der Waals surface area (Å²) in [6.45, 7) is 2.35. The highest BCUT2D eigenvalue weighted by atomic mass is 16.3. The molecule has 120 valence electrons. The van der Waals surface area contributed by atoms with Crippen molar-refractivity contribution in [2.75, 3.05) is 11.9 Å². The number of aliphatic hydroxyl groups is 1. The molecule has 0 saturated carbocycles. The molecule has 5 heteroatoms. The topological polar surface area (TPSA) is 62.5 Å². The fraction of sp³-hybridized carbons (Fsp3) is 0.158. The maximum atomic E-state index is 10.4. The molecule has 0 amide bonds. The molecule has 4 rings (SSSR count). The van der Waals surface area contributed by atoms with Crippen molar-refractivity contribution < 1.29 is 5.11 Å². The predicted octanol–water partition coefficient (Wildman–Crippen LogP) is 3.34. The minimum atomic E-state index is -0.588. The highest BCUT2D eigenvalue weighted by molar-refractivity contribution is 5.91. The zero-order valence-electron chi connectivity index (χ0n) is 13.3. The fourth-order valence-corrected chi connectivity index (χ4v) is 2.90. The zero-order valence-corrected chi connectivity index (χ0v) is 13.3. The number of nitrogens with one attached hydrogen (secondary N) is 1. The smallest absolute Gasteiger partial charge is 0.158 e. The van der Waals surface area contributed by atoms with Gasteiger partial charge in [-0.15, -0.1) is 0 Å². The molecule has 2 N–H and O–H groups in total. The zero-order chi connectivity index (χ0) is 16.5. The molecule has 0 aliphatic rings. The Bertz CT molecular complexity index is 994. The van der Waals surface area contributed by atoms with Crippen LogP contribution in [-0.4, -0.2) is 26.2 Å². The van der Waals surface area contributed by atoms with Gasteiger partial charge in [-0.2, -0.15) is 5.10 Å². The summed E-state index contributed by atoms with van der Waals surface area (Å²) >= 11 is 0. The van der Waals surface area contributed by atoms with E-state index in [9.17, 15) is 5.11 Å². The summed E-state index contributed by atoms with van der Waals surface area (Å²) < 4.78 is 1.85. The Labute approximate surface area is 139 Å². The van der Waals surface area contributed by atoms with Crippen LogP contribution in [0.4, 0.5) is 5.82 Å². The summed E-state index contributed by atoms with van der Waals surface area (Å²) in [6.07, 6.45) is -0.588. The Kier molecular flexibility index (Phi) is 3.63. The van der Waals surface area contributed by atoms with Crippen LogP contribution in [0, 0.1) is 6.92 Å². The molecule has 4 aromatic rings. The summed E-state index contributed by atoms with van der Waals surface area (Å²) in [7, 11) is 0. The summed E-state index contributed by atoms with van der Waals surface area (Å²) in [5.41, 5.74) is 3.60. The van der Waals surface area contributed by atoms with Crippen LogP contribution in [0.5, 0.6) is 0 Å². The minimum Gasteiger partial charge on any atom is -0.387 e. The first-order valence-corrected chi connectivity index (χ1v) is 7.94. The normalized spacial score (nSPS) is 12.6. The van der Waals surface area contributed by atoms with Gasteiger partial charge < -0.3 is 10.4 Å². The van der Waals surface area contributed by atoms with Gasteiger partial charge in [-0.1, -0.05) is 42.5 Å². The molecule has 2 aromatic heterocycles. The lowest BCUT2D eigenvalue weighted by Crippen LogP contribution is -2.13. The molecule has 1 atom stereocenters. The Hall–Kier alpha value is -2.92. The molecule has 0 spiro atoms. The molecule has 0 aliphatic carbocycles. The third-order valence-corrected chi connectivity index (χ3v) is 4.07. The van der Waals surface area contributed by atoms with Crippen LogP contribution in [0.15, 0.2) is 60.7 Å². The lowest BCUT2D eigenvalue weighted by Gasteiger charge is -2.14. The van der Waals surface area contributed by atoms with E-state index in [0.717, 1.165) is 33.6 Å². The molecule has 0 fully saturated rings. The van der Waals surface area contributed by atoms with Gasteiger partial charge in [0.25, 0.3) is 0 Å². The summed E-state index contributed by atoms with van der Waals surface area (Å²) in [6, 6.07) is 19.6. The number of nitrogens with zero attached hydrogens (tertiary/aromatic N) is 3. The second kappa shape index (κ2) is 5.94. The third-order valence-electron chi connectivity index (χ3n) is 4.07. The molecule has 0 unspecified atom stereocenters. The number of benzene rings is 2. The number of anilines is 1. The number of hydrogen-bond donors (Lipinski definition) is 2. The number of rotatable bonds is 4. The van der Waals surface area contributed by atoms with Gasteiger partial charge in [0.2, 0.25) is 0 Å². The first-order chi connectivity index (χ1) is 11.7. The van der Waals surface area contributed by atoms with Crippen LogP contribution in [-0.2, 0) is 0 Å². The second-order valence-electron chi connectivity index (χ2n) is 5.84. The monoisotopic (exact) mass is 318 g/mol. The number of para-hydroxylation sites is 1. The van der Waals surface area contributed by atoms with Crippen LogP contribution in [0.3, 0.4) is 0 Å². The Morgan fingerprint density at radius 3 is 2.67 bits per heavy atom. The van der Waals surface area contributed by atoms with Gasteiger partial charge in [-0.05, 0) is 24.6 Å². The third kappa shape index (κ3) is 2.59. The summed E-state index contributed by atoms with van der Waals surface area (Å²) in [4.78, 5) is 4.67. The Morgan fingerprint density at radius 2 is 1.83 bits per heavy atom. The van der Waals surface area contributed by atoms with E-state index in [2.05, 4.69) is 15.4 Å². The van der Waals surface area contributed by atoms with Crippen molar-refractivity contribution in [1.29, 1.82) is 0 Å². The number of fused-ring (bicyclic) bond motifs is 3. The van der Waals surface area contributed by atoms with Gasteiger partial charge in [0.1, 0.15) is 5.82 Å². The van der Waals surface area contributed by atoms with E-state index in [-0.39, 0.29) is 0 Å². The Morgan fingerprint density at radius 1 is 1.08 bits per heavy atom. The van der Waals surface area contributed by atoms with E-state index < -0.39 is 6.10 Å². The van der Waals surface area contributed by atoms with Crippen LogP contribution in [0.2, 0.25) is 0 Å². The van der Waals surface area contributed by atoms with Crippen molar-refractivity contribution in [2.24, 2.45) is 0 Å². The molecule has 0 bridgehead atoms. The molecule has 2 heterocycles. The van der Waals surface area contributed by atoms with Crippen molar-refractivity contribution in [3.05, 3.63) is 71.9 Å². The predicted molar refractivity (Wildman–Crippen MR) is 95.1 cm³/mol. The number of aliphatic hydroxyl groups excluding tert-OH is 1. The van der Waals surface area contributed by atoms with E-state index in [0.29, 0.717) is 6.54 Å². The highest BCUT2D eigenvalue weighted by Crippen LogP contribution is 2.24. The number of aryl methyl sites for hydroxylation is 1. The van der Waals surface area contributed by atoms with Gasteiger partial charge >= 0.3 is 0 Å². The van der Waals surface area contributed by atoms with Crippen LogP contribution in [0.25, 0.3) is 16.6 Å². The van der Waals surface area contributed by atoms with Crippen molar-refractivity contribution in [2.45, 2.75) is 13.0 Å². The fourth-order valence-electron chi connectivity index (χ4n) is 2.90. The van der Waals surface area contributed by atoms with E-state index in [4.69, 9.17) is 0 Å². The quantitative estimate of drug-likeness (QED) is 0.606. The first-order valence-electron chi connectivity index (χ1n) is 7.94. The van der Waals surface area contributed by atoms with E-state index in [1.807, 2.05) is 72.1 Å². The second-order valence-corrected chi connectivity index (χ2v) is 5.84. The molecule has 2 aromatic carbocycles. The average molecular weight is 318 g/mol.